The average Bonchev–Trinajstić information content (AvgIpc) is 2.48. The summed E-state index contributed by atoms with van der Waals surface area (Å²) in [6.45, 7) is 2.35. The molecule has 0 atom stereocenters. The van der Waals surface area contributed by atoms with E-state index in [0.717, 1.165) is 11.1 Å². The van der Waals surface area contributed by atoms with Gasteiger partial charge in [-0.15, -0.1) is 0 Å². The number of benzene rings is 2. The molecule has 2 amide bonds. The highest BCUT2D eigenvalue weighted by Crippen LogP contribution is 2.16. The van der Waals surface area contributed by atoms with Crippen LogP contribution in [-0.2, 0) is 6.54 Å². The minimum Gasteiger partial charge on any atom is -0.334 e. The smallest absolute Gasteiger partial charge is 0.319 e. The van der Waals surface area contributed by atoms with Crippen molar-refractivity contribution >= 4 is 11.7 Å². The molecule has 0 unspecified atom stereocenters. The van der Waals surface area contributed by atoms with Gasteiger partial charge in [0.1, 0.15) is 6.07 Å². The van der Waals surface area contributed by atoms with Crippen molar-refractivity contribution < 1.29 is 4.79 Å². The van der Waals surface area contributed by atoms with Crippen LogP contribution in [0.15, 0.2) is 48.5 Å². The first-order chi connectivity index (χ1) is 9.69. The molecule has 0 spiro atoms. The molecule has 0 saturated heterocycles. The fourth-order valence-corrected chi connectivity index (χ4v) is 1.80. The largest absolute Gasteiger partial charge is 0.334 e. The molecule has 0 aliphatic carbocycles. The lowest BCUT2D eigenvalue weighted by Crippen LogP contribution is -2.28. The molecule has 2 rings (SSSR count). The summed E-state index contributed by atoms with van der Waals surface area (Å²) in [7, 11) is 0. The van der Waals surface area contributed by atoms with Crippen molar-refractivity contribution in [3.05, 3.63) is 65.2 Å². The van der Waals surface area contributed by atoms with Crippen molar-refractivity contribution in [1.29, 1.82) is 5.26 Å². The van der Waals surface area contributed by atoms with Crippen LogP contribution in [0.25, 0.3) is 0 Å². The first kappa shape index (κ1) is 13.6. The van der Waals surface area contributed by atoms with Crippen LogP contribution < -0.4 is 10.6 Å². The summed E-state index contributed by atoms with van der Waals surface area (Å²) in [5.74, 6) is 0. The van der Waals surface area contributed by atoms with E-state index >= 15 is 0 Å². The van der Waals surface area contributed by atoms with Crippen LogP contribution in [0.1, 0.15) is 16.7 Å². The zero-order valence-electron chi connectivity index (χ0n) is 11.2. The molecule has 0 aliphatic rings. The molecule has 4 nitrogen and oxygen atoms in total. The second kappa shape index (κ2) is 6.39. The second-order valence-electron chi connectivity index (χ2n) is 4.45. The zero-order valence-corrected chi connectivity index (χ0v) is 11.2. The zero-order chi connectivity index (χ0) is 14.4. The summed E-state index contributed by atoms with van der Waals surface area (Å²) in [6.07, 6.45) is 0. The van der Waals surface area contributed by atoms with Crippen LogP contribution in [0.3, 0.4) is 0 Å². The highest BCUT2D eigenvalue weighted by atomic mass is 16.2. The Morgan fingerprint density at radius 1 is 1.20 bits per heavy atom. The van der Waals surface area contributed by atoms with Crippen LogP contribution in [-0.4, -0.2) is 6.03 Å². The Labute approximate surface area is 118 Å². The maximum absolute atomic E-state index is 11.8. The quantitative estimate of drug-likeness (QED) is 0.895. The Morgan fingerprint density at radius 3 is 2.65 bits per heavy atom. The van der Waals surface area contributed by atoms with Gasteiger partial charge in [0.25, 0.3) is 0 Å². The van der Waals surface area contributed by atoms with Gasteiger partial charge >= 0.3 is 6.03 Å². The third kappa shape index (κ3) is 3.59. The van der Waals surface area contributed by atoms with Crippen molar-refractivity contribution in [2.24, 2.45) is 0 Å². The molecule has 0 aliphatic heterocycles. The fraction of sp³-hybridized carbons (Fsp3) is 0.125. The SMILES string of the molecule is Cc1ccc(NC(=O)NCc2ccccc2)c(C#N)c1. The first-order valence-corrected chi connectivity index (χ1v) is 6.28. The van der Waals surface area contributed by atoms with Crippen molar-refractivity contribution in [2.45, 2.75) is 13.5 Å². The third-order valence-corrected chi connectivity index (χ3v) is 2.84. The van der Waals surface area contributed by atoms with E-state index in [0.29, 0.717) is 17.8 Å². The molecule has 0 bridgehead atoms. The number of nitrogens with one attached hydrogen (secondary N) is 2. The summed E-state index contributed by atoms with van der Waals surface area (Å²) in [5, 5.41) is 14.5. The molecular formula is C16H15N3O. The lowest BCUT2D eigenvalue weighted by molar-refractivity contribution is 0.251. The minimum atomic E-state index is -0.325. The van der Waals surface area contributed by atoms with Crippen LogP contribution >= 0.6 is 0 Å². The molecular weight excluding hydrogens is 250 g/mol. The van der Waals surface area contributed by atoms with Gasteiger partial charge < -0.3 is 10.6 Å². The predicted octanol–water partition coefficient (Wildman–Crippen LogP) is 3.19. The summed E-state index contributed by atoms with van der Waals surface area (Å²) in [5.41, 5.74) is 2.98. The highest BCUT2D eigenvalue weighted by Gasteiger charge is 2.06. The van der Waals surface area contributed by atoms with Gasteiger partial charge in [-0.2, -0.15) is 5.26 Å². The number of nitrogens with zero attached hydrogens (tertiary/aromatic N) is 1. The molecule has 4 heteroatoms. The second-order valence-corrected chi connectivity index (χ2v) is 4.45. The van der Waals surface area contributed by atoms with E-state index in [-0.39, 0.29) is 6.03 Å². The maximum Gasteiger partial charge on any atom is 0.319 e. The van der Waals surface area contributed by atoms with Gasteiger partial charge in [-0.3, -0.25) is 0 Å². The Balaban J connectivity index is 1.97. The molecule has 0 aromatic heterocycles. The van der Waals surface area contributed by atoms with Crippen molar-refractivity contribution in [2.75, 3.05) is 5.32 Å². The fourth-order valence-electron chi connectivity index (χ4n) is 1.80. The Kier molecular flexibility index (Phi) is 4.35. The number of carbonyl (C=O) groups is 1. The third-order valence-electron chi connectivity index (χ3n) is 2.84. The van der Waals surface area contributed by atoms with Gasteiger partial charge in [-0.25, -0.2) is 4.79 Å². The van der Waals surface area contributed by atoms with Crippen LogP contribution in [0.4, 0.5) is 10.5 Å². The molecule has 0 radical (unpaired) electrons. The summed E-state index contributed by atoms with van der Waals surface area (Å²) in [6, 6.07) is 16.7. The summed E-state index contributed by atoms with van der Waals surface area (Å²) >= 11 is 0. The topological polar surface area (TPSA) is 64.9 Å². The normalized spacial score (nSPS) is 9.60. The predicted molar refractivity (Wildman–Crippen MR) is 78.2 cm³/mol. The number of hydrogen-bond acceptors (Lipinski definition) is 2. The molecule has 100 valence electrons. The number of anilines is 1. The number of urea groups is 1. The monoisotopic (exact) mass is 265 g/mol. The lowest BCUT2D eigenvalue weighted by atomic mass is 10.1. The number of nitriles is 1. The molecule has 2 N–H and O–H groups in total. The van der Waals surface area contributed by atoms with Crippen LogP contribution in [0, 0.1) is 18.3 Å². The van der Waals surface area contributed by atoms with E-state index in [1.54, 1.807) is 12.1 Å². The molecule has 0 fully saturated rings. The van der Waals surface area contributed by atoms with Gasteiger partial charge in [0.15, 0.2) is 0 Å². The van der Waals surface area contributed by atoms with Gasteiger partial charge in [0, 0.05) is 6.54 Å². The number of amides is 2. The van der Waals surface area contributed by atoms with Gasteiger partial charge in [-0.1, -0.05) is 36.4 Å². The Bertz CT molecular complexity index is 645. The molecule has 2 aromatic carbocycles. The highest BCUT2D eigenvalue weighted by molar-refractivity contribution is 5.90. The van der Waals surface area contributed by atoms with E-state index < -0.39 is 0 Å². The van der Waals surface area contributed by atoms with E-state index in [1.165, 1.54) is 0 Å². The Morgan fingerprint density at radius 2 is 1.95 bits per heavy atom. The molecule has 0 heterocycles. The Hall–Kier alpha value is -2.80. The average molecular weight is 265 g/mol. The molecule has 2 aromatic rings. The van der Waals surface area contributed by atoms with Gasteiger partial charge in [0.2, 0.25) is 0 Å². The van der Waals surface area contributed by atoms with E-state index in [1.807, 2.05) is 43.3 Å². The first-order valence-electron chi connectivity index (χ1n) is 6.28. The van der Waals surface area contributed by atoms with Gasteiger partial charge in [-0.05, 0) is 30.2 Å². The van der Waals surface area contributed by atoms with E-state index in [9.17, 15) is 4.79 Å². The number of hydrogen-bond donors (Lipinski definition) is 2. The number of rotatable bonds is 3. The van der Waals surface area contributed by atoms with Crippen LogP contribution in [0.5, 0.6) is 0 Å². The summed E-state index contributed by atoms with van der Waals surface area (Å²) in [4.78, 5) is 11.8. The van der Waals surface area contributed by atoms with Crippen molar-refractivity contribution in [1.82, 2.24) is 5.32 Å². The van der Waals surface area contributed by atoms with Crippen LogP contribution in [0.2, 0.25) is 0 Å². The number of carbonyl (C=O) groups excluding carboxylic acids is 1. The summed E-state index contributed by atoms with van der Waals surface area (Å²) < 4.78 is 0. The standard InChI is InChI=1S/C16H15N3O/c1-12-7-8-15(14(9-12)10-17)19-16(20)18-11-13-5-3-2-4-6-13/h2-9H,11H2,1H3,(H2,18,19,20). The van der Waals surface area contributed by atoms with Crippen molar-refractivity contribution in [3.63, 3.8) is 0 Å². The minimum absolute atomic E-state index is 0.325. The van der Waals surface area contributed by atoms with Gasteiger partial charge in [0.05, 0.1) is 11.3 Å². The van der Waals surface area contributed by atoms with Crippen molar-refractivity contribution in [3.8, 4) is 6.07 Å². The van der Waals surface area contributed by atoms with E-state index in [4.69, 9.17) is 5.26 Å². The molecule has 20 heavy (non-hydrogen) atoms. The number of aryl methyl sites for hydroxylation is 1. The van der Waals surface area contributed by atoms with E-state index in [2.05, 4.69) is 16.7 Å². The maximum atomic E-state index is 11.8. The molecule has 0 saturated carbocycles. The lowest BCUT2D eigenvalue weighted by Gasteiger charge is -2.09.